The van der Waals surface area contributed by atoms with Crippen LogP contribution in [0.2, 0.25) is 0 Å². The van der Waals surface area contributed by atoms with Gasteiger partial charge in [0.25, 0.3) is 0 Å². The van der Waals surface area contributed by atoms with Crippen LogP contribution >= 0.6 is 0 Å². The number of aliphatic hydroxyl groups excluding tert-OH is 1. The largest absolute Gasteiger partial charge is 0.481 e. The highest BCUT2D eigenvalue weighted by Crippen LogP contribution is 2.40. The molecule has 1 saturated carbocycles. The first-order chi connectivity index (χ1) is 7.15. The third kappa shape index (κ3) is 2.93. The molecule has 0 amide bonds. The van der Waals surface area contributed by atoms with Crippen molar-refractivity contribution in [3.05, 3.63) is 0 Å². The lowest BCUT2D eigenvalue weighted by atomic mass is 9.65. The van der Waals surface area contributed by atoms with E-state index in [1.165, 1.54) is 0 Å². The maximum atomic E-state index is 11.5. The van der Waals surface area contributed by atoms with Gasteiger partial charge in [0.2, 0.25) is 10.0 Å². The molecule has 16 heavy (non-hydrogen) atoms. The quantitative estimate of drug-likeness (QED) is 0.613. The average molecular weight is 251 g/mol. The molecule has 0 aromatic rings. The number of hydrogen-bond donors (Lipinski definition) is 3. The normalized spacial score (nSPS) is 28.4. The van der Waals surface area contributed by atoms with Crippen LogP contribution in [-0.2, 0) is 14.8 Å². The van der Waals surface area contributed by atoms with Gasteiger partial charge in [-0.05, 0) is 6.42 Å². The topological polar surface area (TPSA) is 104 Å². The van der Waals surface area contributed by atoms with Crippen molar-refractivity contribution >= 4 is 16.0 Å². The van der Waals surface area contributed by atoms with Crippen LogP contribution < -0.4 is 4.72 Å². The lowest BCUT2D eigenvalue weighted by Crippen LogP contribution is -2.61. The lowest BCUT2D eigenvalue weighted by Gasteiger charge is -2.49. The minimum Gasteiger partial charge on any atom is -0.481 e. The zero-order valence-electron chi connectivity index (χ0n) is 9.30. The first kappa shape index (κ1) is 13.4. The maximum absolute atomic E-state index is 11.5. The van der Waals surface area contributed by atoms with Crippen LogP contribution in [0.3, 0.4) is 0 Å². The second-order valence-corrected chi connectivity index (χ2v) is 6.58. The highest BCUT2D eigenvalue weighted by molar-refractivity contribution is 7.89. The second-order valence-electron chi connectivity index (χ2n) is 4.71. The molecule has 6 nitrogen and oxygen atoms in total. The van der Waals surface area contributed by atoms with Gasteiger partial charge in [0, 0.05) is 11.5 Å². The van der Waals surface area contributed by atoms with Crippen LogP contribution in [0.25, 0.3) is 0 Å². The van der Waals surface area contributed by atoms with Crippen LogP contribution in [0.4, 0.5) is 0 Å². The molecule has 0 bridgehead atoms. The summed E-state index contributed by atoms with van der Waals surface area (Å²) in [5, 5.41) is 17.8. The predicted octanol–water partition coefficient (Wildman–Crippen LogP) is -0.460. The summed E-state index contributed by atoms with van der Waals surface area (Å²) in [6, 6.07) is -0.318. The zero-order valence-corrected chi connectivity index (χ0v) is 10.1. The molecule has 1 aliphatic rings. The lowest BCUT2D eigenvalue weighted by molar-refractivity contribution is -0.136. The summed E-state index contributed by atoms with van der Waals surface area (Å²) < 4.78 is 25.4. The Balaban J connectivity index is 2.52. The SMILES string of the molecule is CC1(C)C(O)CC1NS(=O)(=O)CCC(=O)O. The third-order valence-electron chi connectivity index (χ3n) is 3.12. The van der Waals surface area contributed by atoms with Crippen LogP contribution in [0.5, 0.6) is 0 Å². The number of rotatable bonds is 5. The Morgan fingerprint density at radius 1 is 1.50 bits per heavy atom. The fraction of sp³-hybridized carbons (Fsp3) is 0.889. The monoisotopic (exact) mass is 251 g/mol. The molecular weight excluding hydrogens is 234 g/mol. The Kier molecular flexibility index (Phi) is 3.61. The summed E-state index contributed by atoms with van der Waals surface area (Å²) >= 11 is 0. The van der Waals surface area contributed by atoms with E-state index in [1.807, 2.05) is 0 Å². The molecule has 1 aliphatic carbocycles. The smallest absolute Gasteiger partial charge is 0.304 e. The highest BCUT2D eigenvalue weighted by atomic mass is 32.2. The standard InChI is InChI=1S/C9H17NO5S/c1-9(2)6(5-7(9)11)10-16(14,15)4-3-8(12)13/h6-7,10-11H,3-5H2,1-2H3,(H,12,13). The van der Waals surface area contributed by atoms with Crippen LogP contribution in [-0.4, -0.2) is 42.5 Å². The van der Waals surface area contributed by atoms with E-state index in [2.05, 4.69) is 4.72 Å². The molecule has 1 rings (SSSR count). The number of nitrogens with one attached hydrogen (secondary N) is 1. The van der Waals surface area contributed by atoms with Gasteiger partial charge in [0.05, 0.1) is 18.3 Å². The molecule has 94 valence electrons. The number of hydrogen-bond acceptors (Lipinski definition) is 4. The van der Waals surface area contributed by atoms with Crippen LogP contribution in [0, 0.1) is 5.41 Å². The molecule has 0 radical (unpaired) electrons. The van der Waals surface area contributed by atoms with E-state index in [1.54, 1.807) is 13.8 Å². The van der Waals surface area contributed by atoms with Crippen molar-refractivity contribution in [1.82, 2.24) is 4.72 Å². The van der Waals surface area contributed by atoms with Crippen molar-refractivity contribution in [3.8, 4) is 0 Å². The molecule has 0 spiro atoms. The number of aliphatic hydroxyl groups is 1. The summed E-state index contributed by atoms with van der Waals surface area (Å²) in [6.07, 6.45) is -0.552. The van der Waals surface area contributed by atoms with Crippen LogP contribution in [0.1, 0.15) is 26.7 Å². The second kappa shape index (κ2) is 4.31. The summed E-state index contributed by atoms with van der Waals surface area (Å²) in [7, 11) is -3.57. The Bertz CT molecular complexity index is 375. The maximum Gasteiger partial charge on any atom is 0.304 e. The van der Waals surface area contributed by atoms with E-state index >= 15 is 0 Å². The fourth-order valence-electron chi connectivity index (χ4n) is 1.60. The van der Waals surface area contributed by atoms with E-state index in [0.717, 1.165) is 0 Å². The number of sulfonamides is 1. The van der Waals surface area contributed by atoms with Crippen molar-refractivity contribution in [1.29, 1.82) is 0 Å². The first-order valence-corrected chi connectivity index (χ1v) is 6.70. The van der Waals surface area contributed by atoms with Gasteiger partial charge in [0.1, 0.15) is 0 Å². The van der Waals surface area contributed by atoms with E-state index in [0.29, 0.717) is 6.42 Å². The summed E-state index contributed by atoms with van der Waals surface area (Å²) in [5.74, 6) is -1.57. The molecule has 0 aromatic heterocycles. The van der Waals surface area contributed by atoms with Crippen LogP contribution in [0.15, 0.2) is 0 Å². The Morgan fingerprint density at radius 2 is 2.06 bits per heavy atom. The number of carboxylic acid groups (broad SMARTS) is 1. The molecule has 3 N–H and O–H groups in total. The van der Waals surface area contributed by atoms with Gasteiger partial charge in [-0.25, -0.2) is 13.1 Å². The Morgan fingerprint density at radius 3 is 2.44 bits per heavy atom. The molecule has 2 unspecified atom stereocenters. The molecule has 0 saturated heterocycles. The van der Waals surface area contributed by atoms with Gasteiger partial charge in [-0.3, -0.25) is 4.79 Å². The first-order valence-electron chi connectivity index (χ1n) is 5.05. The van der Waals surface area contributed by atoms with E-state index in [9.17, 15) is 18.3 Å². The molecule has 0 aliphatic heterocycles. The summed E-state index contributed by atoms with van der Waals surface area (Å²) in [5.41, 5.74) is -0.490. The molecule has 2 atom stereocenters. The molecule has 0 heterocycles. The fourth-order valence-corrected chi connectivity index (χ4v) is 2.99. The van der Waals surface area contributed by atoms with Gasteiger partial charge in [-0.2, -0.15) is 0 Å². The van der Waals surface area contributed by atoms with Crippen molar-refractivity contribution in [2.45, 2.75) is 38.8 Å². The summed E-state index contributed by atoms with van der Waals surface area (Å²) in [4.78, 5) is 10.3. The van der Waals surface area contributed by atoms with Crippen molar-refractivity contribution < 1.29 is 23.4 Å². The van der Waals surface area contributed by atoms with Crippen molar-refractivity contribution in [2.75, 3.05) is 5.75 Å². The highest BCUT2D eigenvalue weighted by Gasteiger charge is 2.48. The molecule has 0 aromatic carbocycles. The van der Waals surface area contributed by atoms with Crippen molar-refractivity contribution in [3.63, 3.8) is 0 Å². The Labute approximate surface area is 94.7 Å². The molecule has 7 heteroatoms. The minimum absolute atomic E-state index is 0.318. The summed E-state index contributed by atoms with van der Waals surface area (Å²) in [6.45, 7) is 3.54. The van der Waals surface area contributed by atoms with Gasteiger partial charge in [-0.15, -0.1) is 0 Å². The predicted molar refractivity (Wildman–Crippen MR) is 57.4 cm³/mol. The van der Waals surface area contributed by atoms with Gasteiger partial charge < -0.3 is 10.2 Å². The zero-order chi connectivity index (χ0) is 12.6. The average Bonchev–Trinajstić information content (AvgIpc) is 2.14. The number of carboxylic acids is 1. The van der Waals surface area contributed by atoms with E-state index < -0.39 is 39.7 Å². The van der Waals surface area contributed by atoms with Crippen molar-refractivity contribution in [2.24, 2.45) is 5.41 Å². The third-order valence-corrected chi connectivity index (χ3v) is 4.51. The van der Waals surface area contributed by atoms with Gasteiger partial charge in [-0.1, -0.05) is 13.8 Å². The van der Waals surface area contributed by atoms with Gasteiger partial charge >= 0.3 is 5.97 Å². The minimum atomic E-state index is -3.57. The Hall–Kier alpha value is -0.660. The number of carbonyl (C=O) groups is 1. The van der Waals surface area contributed by atoms with Gasteiger partial charge in [0.15, 0.2) is 0 Å². The van der Waals surface area contributed by atoms with E-state index in [-0.39, 0.29) is 6.04 Å². The number of aliphatic carboxylic acids is 1. The molecule has 1 fully saturated rings. The molecular formula is C9H17NO5S. The van der Waals surface area contributed by atoms with E-state index in [4.69, 9.17) is 5.11 Å².